The molecule has 166 valence electrons. The number of rotatable bonds is 6. The van der Waals surface area contributed by atoms with Gasteiger partial charge in [0.05, 0.1) is 5.52 Å². The van der Waals surface area contributed by atoms with Gasteiger partial charge in [0, 0.05) is 28.8 Å². The van der Waals surface area contributed by atoms with E-state index >= 15 is 0 Å². The maximum absolute atomic E-state index is 8.88. The van der Waals surface area contributed by atoms with E-state index < -0.39 is 15.6 Å². The summed E-state index contributed by atoms with van der Waals surface area (Å²) in [6.07, 6.45) is 4.19. The quantitative estimate of drug-likeness (QED) is 0.239. The highest BCUT2D eigenvalue weighted by atomic mass is 35.5. The number of nitrogens with zero attached hydrogens (tertiary/aromatic N) is 2. The second-order valence-corrected chi connectivity index (χ2v) is 8.47. The molecule has 0 aliphatic carbocycles. The summed E-state index contributed by atoms with van der Waals surface area (Å²) < 4.78 is 17.8. The monoisotopic (exact) mass is 473 g/mol. The van der Waals surface area contributed by atoms with Crippen LogP contribution in [-0.4, -0.2) is 66.4 Å². The minimum absolute atomic E-state index is 0.725. The molecular weight excluding hydrogens is 448 g/mol. The Bertz CT molecular complexity index is 807. The molecule has 0 saturated heterocycles. The van der Waals surface area contributed by atoms with Gasteiger partial charge >= 0.3 is 15.6 Å². The van der Waals surface area contributed by atoms with Gasteiger partial charge < -0.3 is 39.6 Å². The summed E-state index contributed by atoms with van der Waals surface area (Å²) in [6.45, 7) is 2.12. The molecule has 1 heterocycles. The smallest absolute Gasteiger partial charge is 0.384 e. The van der Waals surface area contributed by atoms with Crippen molar-refractivity contribution < 1.29 is 38.5 Å². The Morgan fingerprint density at radius 3 is 2.07 bits per heavy atom. The molecule has 1 aromatic carbocycles. The number of anilines is 1. The number of unbranched alkanes of at least 4 members (excludes halogenated alkanes) is 1. The van der Waals surface area contributed by atoms with Crippen LogP contribution in [0.25, 0.3) is 10.9 Å². The highest BCUT2D eigenvalue weighted by Crippen LogP contribution is 2.26. The van der Waals surface area contributed by atoms with Crippen molar-refractivity contribution in [3.05, 3.63) is 35.5 Å². The summed E-state index contributed by atoms with van der Waals surface area (Å²) in [5, 5.41) is 5.33. The lowest BCUT2D eigenvalue weighted by Gasteiger charge is -2.11. The van der Waals surface area contributed by atoms with Gasteiger partial charge in [0.2, 0.25) is 0 Å². The molecule has 0 bridgehead atoms. The van der Waals surface area contributed by atoms with E-state index in [9.17, 15) is 0 Å². The molecule has 14 heteroatoms. The van der Waals surface area contributed by atoms with Gasteiger partial charge in [-0.2, -0.15) is 0 Å². The lowest BCUT2D eigenvalue weighted by molar-refractivity contribution is 0.272. The fraction of sp³-hybridized carbons (Fsp3) is 0.400. The topological polar surface area (TPSA) is 184 Å². The fourth-order valence-corrected chi connectivity index (χ4v) is 2.22. The maximum Gasteiger partial charge on any atom is 0.466 e. The molecule has 1 aromatic heterocycles. The lowest BCUT2D eigenvalue weighted by atomic mass is 10.2. The van der Waals surface area contributed by atoms with E-state index in [0.29, 0.717) is 0 Å². The normalized spacial score (nSPS) is 11.4. The Balaban J connectivity index is 0.000000653. The van der Waals surface area contributed by atoms with E-state index in [1.807, 2.05) is 30.5 Å². The summed E-state index contributed by atoms with van der Waals surface area (Å²) in [5.74, 6) is 0. The average molecular weight is 474 g/mol. The van der Waals surface area contributed by atoms with E-state index in [2.05, 4.69) is 29.3 Å². The number of aromatic nitrogens is 1. The highest BCUT2D eigenvalue weighted by molar-refractivity contribution is 7.45. The van der Waals surface area contributed by atoms with Gasteiger partial charge in [0.1, 0.15) is 0 Å². The molecular formula is C15H26ClN3O8P2. The SMILES string of the molecule is CN(C)CCCCNc1ccnc2cc(Cl)ccc12.O=P(O)(O)O.O=P(O)(O)O. The van der Waals surface area contributed by atoms with Gasteiger partial charge in [-0.25, -0.2) is 9.13 Å². The van der Waals surface area contributed by atoms with E-state index in [4.69, 9.17) is 50.1 Å². The van der Waals surface area contributed by atoms with Crippen LogP contribution in [0.2, 0.25) is 5.02 Å². The fourth-order valence-electron chi connectivity index (χ4n) is 2.05. The van der Waals surface area contributed by atoms with Crippen LogP contribution in [0, 0.1) is 0 Å². The summed E-state index contributed by atoms with van der Waals surface area (Å²) >= 11 is 5.98. The van der Waals surface area contributed by atoms with Crippen molar-refractivity contribution in [2.75, 3.05) is 32.5 Å². The van der Waals surface area contributed by atoms with Crippen LogP contribution < -0.4 is 5.32 Å². The number of hydrogen-bond donors (Lipinski definition) is 7. The van der Waals surface area contributed by atoms with Crippen molar-refractivity contribution in [1.29, 1.82) is 0 Å². The van der Waals surface area contributed by atoms with Gasteiger partial charge in [-0.05, 0) is 57.7 Å². The Kier molecular flexibility index (Phi) is 12.7. The second kappa shape index (κ2) is 13.3. The lowest BCUT2D eigenvalue weighted by Crippen LogP contribution is -2.14. The molecule has 0 fully saturated rings. The van der Waals surface area contributed by atoms with Crippen LogP contribution >= 0.6 is 27.2 Å². The number of hydrogen-bond acceptors (Lipinski definition) is 5. The van der Waals surface area contributed by atoms with E-state index in [1.165, 1.54) is 6.42 Å². The van der Waals surface area contributed by atoms with Crippen LogP contribution in [0.1, 0.15) is 12.8 Å². The third kappa shape index (κ3) is 18.7. The summed E-state index contributed by atoms with van der Waals surface area (Å²) in [5.41, 5.74) is 2.07. The van der Waals surface area contributed by atoms with E-state index in [0.717, 1.165) is 41.1 Å². The molecule has 2 aromatic rings. The second-order valence-electron chi connectivity index (χ2n) is 5.98. The first-order valence-corrected chi connectivity index (χ1v) is 11.7. The van der Waals surface area contributed by atoms with Gasteiger partial charge in [-0.1, -0.05) is 11.6 Å². The van der Waals surface area contributed by atoms with Crippen LogP contribution in [-0.2, 0) is 9.13 Å². The first-order valence-electron chi connectivity index (χ1n) is 8.16. The standard InChI is InChI=1S/C15H20ClN3.2H3O4P/c1-19(2)10-4-3-8-17-14-7-9-18-15-11-12(16)5-6-13(14)15;2*1-5(2,3)4/h5-7,9,11H,3-4,8,10H2,1-2H3,(H,17,18);2*(H3,1,2,3,4). The average Bonchev–Trinajstić information content (AvgIpc) is 2.50. The third-order valence-electron chi connectivity index (χ3n) is 3.05. The zero-order valence-corrected chi connectivity index (χ0v) is 18.4. The Morgan fingerprint density at radius 1 is 1.00 bits per heavy atom. The first-order chi connectivity index (χ1) is 13.2. The minimum atomic E-state index is -4.64. The van der Waals surface area contributed by atoms with Crippen molar-refractivity contribution in [2.45, 2.75) is 12.8 Å². The zero-order valence-electron chi connectivity index (χ0n) is 15.9. The van der Waals surface area contributed by atoms with Crippen molar-refractivity contribution in [3.8, 4) is 0 Å². The number of nitrogens with one attached hydrogen (secondary N) is 1. The molecule has 0 atom stereocenters. The summed E-state index contributed by atoms with van der Waals surface area (Å²) in [4.78, 5) is 49.7. The van der Waals surface area contributed by atoms with Gasteiger partial charge in [-0.3, -0.25) is 4.98 Å². The summed E-state index contributed by atoms with van der Waals surface area (Å²) in [6, 6.07) is 7.84. The van der Waals surface area contributed by atoms with E-state index in [1.54, 1.807) is 0 Å². The molecule has 0 radical (unpaired) electrons. The van der Waals surface area contributed by atoms with Crippen LogP contribution in [0.15, 0.2) is 30.5 Å². The predicted molar refractivity (Wildman–Crippen MR) is 112 cm³/mol. The third-order valence-corrected chi connectivity index (χ3v) is 3.29. The molecule has 0 unspecified atom stereocenters. The molecule has 0 aliphatic rings. The number of pyridine rings is 1. The van der Waals surface area contributed by atoms with Gasteiger partial charge in [-0.15, -0.1) is 0 Å². The van der Waals surface area contributed by atoms with Gasteiger partial charge in [0.25, 0.3) is 0 Å². The van der Waals surface area contributed by atoms with Crippen LogP contribution in [0.4, 0.5) is 5.69 Å². The zero-order chi connectivity index (χ0) is 22.7. The van der Waals surface area contributed by atoms with Crippen LogP contribution in [0.3, 0.4) is 0 Å². The molecule has 0 aliphatic heterocycles. The van der Waals surface area contributed by atoms with Crippen molar-refractivity contribution in [2.24, 2.45) is 0 Å². The Labute approximate surface area is 173 Å². The molecule has 11 nitrogen and oxygen atoms in total. The first kappa shape index (κ1) is 27.9. The highest BCUT2D eigenvalue weighted by Gasteiger charge is 2.02. The number of halogens is 1. The van der Waals surface area contributed by atoms with Crippen molar-refractivity contribution in [3.63, 3.8) is 0 Å². The number of fused-ring (bicyclic) bond motifs is 1. The molecule has 0 spiro atoms. The maximum atomic E-state index is 8.88. The van der Waals surface area contributed by atoms with Crippen molar-refractivity contribution in [1.82, 2.24) is 9.88 Å². The minimum Gasteiger partial charge on any atom is -0.384 e. The van der Waals surface area contributed by atoms with Crippen molar-refractivity contribution >= 4 is 43.8 Å². The Morgan fingerprint density at radius 2 is 1.55 bits per heavy atom. The molecule has 0 amide bonds. The molecule has 2 rings (SSSR count). The number of phosphoric acid groups is 2. The predicted octanol–water partition coefficient (Wildman–Crippen LogP) is 1.78. The molecule has 7 N–H and O–H groups in total. The molecule has 29 heavy (non-hydrogen) atoms. The molecule has 0 saturated carbocycles. The number of benzene rings is 1. The van der Waals surface area contributed by atoms with Gasteiger partial charge in [0.15, 0.2) is 0 Å². The van der Waals surface area contributed by atoms with Crippen LogP contribution in [0.5, 0.6) is 0 Å². The van der Waals surface area contributed by atoms with E-state index in [-0.39, 0.29) is 0 Å². The largest absolute Gasteiger partial charge is 0.466 e. The Hall–Kier alpha value is -1.10. The summed E-state index contributed by atoms with van der Waals surface area (Å²) in [7, 11) is -5.07.